The van der Waals surface area contributed by atoms with E-state index < -0.39 is 0 Å². The van der Waals surface area contributed by atoms with Gasteiger partial charge in [-0.1, -0.05) is 12.8 Å². The summed E-state index contributed by atoms with van der Waals surface area (Å²) in [5.41, 5.74) is 0.254. The van der Waals surface area contributed by atoms with Gasteiger partial charge in [-0.3, -0.25) is 0 Å². The van der Waals surface area contributed by atoms with Gasteiger partial charge in [-0.15, -0.1) is 0 Å². The summed E-state index contributed by atoms with van der Waals surface area (Å²) in [4.78, 5) is 0. The molecule has 0 bridgehead atoms. The monoisotopic (exact) mass is 253 g/mol. The van der Waals surface area contributed by atoms with Gasteiger partial charge >= 0.3 is 0 Å². The van der Waals surface area contributed by atoms with Crippen molar-refractivity contribution in [2.45, 2.75) is 82.1 Å². The van der Waals surface area contributed by atoms with Gasteiger partial charge in [-0.05, 0) is 52.0 Å². The Morgan fingerprint density at radius 2 is 2.00 bits per heavy atom. The zero-order valence-electron chi connectivity index (χ0n) is 11.6. The minimum absolute atomic E-state index is 0.254. The van der Waals surface area contributed by atoms with Crippen LogP contribution in [-0.4, -0.2) is 37.0 Å². The van der Waals surface area contributed by atoms with Crippen LogP contribution in [0, 0.1) is 0 Å². The third kappa shape index (κ3) is 2.73. The predicted octanol–water partition coefficient (Wildman–Crippen LogP) is 2.64. The van der Waals surface area contributed by atoms with E-state index in [2.05, 4.69) is 12.2 Å². The molecular formula is C15H27NO2. The normalized spacial score (nSPS) is 39.5. The maximum Gasteiger partial charge on any atom is 0.0817 e. The van der Waals surface area contributed by atoms with Gasteiger partial charge in [-0.2, -0.15) is 0 Å². The van der Waals surface area contributed by atoms with Gasteiger partial charge in [0.05, 0.1) is 24.4 Å². The maximum atomic E-state index is 6.29. The largest absolute Gasteiger partial charge is 0.374 e. The summed E-state index contributed by atoms with van der Waals surface area (Å²) in [6.45, 7) is 4.18. The molecule has 0 radical (unpaired) electrons. The summed E-state index contributed by atoms with van der Waals surface area (Å²) >= 11 is 0. The van der Waals surface area contributed by atoms with Crippen molar-refractivity contribution in [1.82, 2.24) is 5.32 Å². The Hall–Kier alpha value is -0.120. The highest BCUT2D eigenvalue weighted by molar-refractivity contribution is 4.93. The Morgan fingerprint density at radius 1 is 1.17 bits per heavy atom. The molecule has 3 nitrogen and oxygen atoms in total. The zero-order chi connectivity index (χ0) is 12.4. The predicted molar refractivity (Wildman–Crippen MR) is 71.7 cm³/mol. The lowest BCUT2D eigenvalue weighted by Crippen LogP contribution is -2.44. The summed E-state index contributed by atoms with van der Waals surface area (Å²) in [5, 5.41) is 3.49. The van der Waals surface area contributed by atoms with Crippen molar-refractivity contribution >= 4 is 0 Å². The van der Waals surface area contributed by atoms with Gasteiger partial charge in [-0.25, -0.2) is 0 Å². The van der Waals surface area contributed by atoms with Crippen LogP contribution in [-0.2, 0) is 9.47 Å². The molecule has 104 valence electrons. The van der Waals surface area contributed by atoms with E-state index in [4.69, 9.17) is 9.47 Å². The molecule has 18 heavy (non-hydrogen) atoms. The van der Waals surface area contributed by atoms with Gasteiger partial charge in [0, 0.05) is 6.04 Å². The van der Waals surface area contributed by atoms with E-state index in [1.165, 1.54) is 51.4 Å². The molecule has 3 fully saturated rings. The first kappa shape index (κ1) is 12.9. The van der Waals surface area contributed by atoms with Crippen molar-refractivity contribution in [1.29, 1.82) is 0 Å². The molecule has 3 rings (SSSR count). The van der Waals surface area contributed by atoms with E-state index in [0.717, 1.165) is 13.2 Å². The second-order valence-corrected chi connectivity index (χ2v) is 6.43. The molecule has 1 saturated carbocycles. The average molecular weight is 253 g/mol. The fourth-order valence-electron chi connectivity index (χ4n) is 3.87. The lowest BCUT2D eigenvalue weighted by atomic mass is 9.98. The summed E-state index contributed by atoms with van der Waals surface area (Å²) in [5.74, 6) is 0. The molecule has 3 heteroatoms. The summed E-state index contributed by atoms with van der Waals surface area (Å²) in [7, 11) is 0. The Bertz CT molecular complexity index is 276. The lowest BCUT2D eigenvalue weighted by molar-refractivity contribution is -0.0899. The van der Waals surface area contributed by atoms with E-state index in [1.807, 2.05) is 0 Å². The van der Waals surface area contributed by atoms with E-state index in [-0.39, 0.29) is 5.60 Å². The van der Waals surface area contributed by atoms with Crippen LogP contribution in [0.5, 0.6) is 0 Å². The molecule has 3 unspecified atom stereocenters. The number of piperidine rings is 1. The number of hydrogen-bond acceptors (Lipinski definition) is 3. The van der Waals surface area contributed by atoms with Crippen molar-refractivity contribution in [3.05, 3.63) is 0 Å². The SMILES string of the molecule is CC1NCCCC1OCC1CCC2(CCCC2)O1. The van der Waals surface area contributed by atoms with Gasteiger partial charge in [0.15, 0.2) is 0 Å². The Labute approximate surface area is 111 Å². The molecule has 1 N–H and O–H groups in total. The highest BCUT2D eigenvalue weighted by atomic mass is 16.6. The Balaban J connectivity index is 1.44. The fourth-order valence-corrected chi connectivity index (χ4v) is 3.87. The highest BCUT2D eigenvalue weighted by Gasteiger charge is 2.42. The topological polar surface area (TPSA) is 30.5 Å². The van der Waals surface area contributed by atoms with Gasteiger partial charge in [0.25, 0.3) is 0 Å². The molecule has 3 aliphatic rings. The standard InChI is InChI=1S/C15H27NO2/c1-12-14(5-4-10-16-12)17-11-13-6-9-15(18-13)7-2-3-8-15/h12-14,16H,2-11H2,1H3. The van der Waals surface area contributed by atoms with Gasteiger partial charge < -0.3 is 14.8 Å². The molecule has 1 spiro atoms. The lowest BCUT2D eigenvalue weighted by Gasteiger charge is -2.31. The van der Waals surface area contributed by atoms with Crippen LogP contribution in [0.2, 0.25) is 0 Å². The summed E-state index contributed by atoms with van der Waals surface area (Å²) in [6.07, 6.45) is 10.9. The molecule has 2 aliphatic heterocycles. The van der Waals surface area contributed by atoms with E-state index in [0.29, 0.717) is 18.2 Å². The van der Waals surface area contributed by atoms with E-state index in [1.54, 1.807) is 0 Å². The van der Waals surface area contributed by atoms with Crippen LogP contribution in [0.25, 0.3) is 0 Å². The number of nitrogens with one attached hydrogen (secondary N) is 1. The quantitative estimate of drug-likeness (QED) is 0.838. The Kier molecular flexibility index (Phi) is 3.92. The molecular weight excluding hydrogens is 226 g/mol. The van der Waals surface area contributed by atoms with Crippen molar-refractivity contribution in [2.75, 3.05) is 13.2 Å². The summed E-state index contributed by atoms with van der Waals surface area (Å²) < 4.78 is 12.4. The van der Waals surface area contributed by atoms with Crippen LogP contribution in [0.4, 0.5) is 0 Å². The molecule has 0 aromatic carbocycles. The van der Waals surface area contributed by atoms with Crippen LogP contribution in [0.15, 0.2) is 0 Å². The molecule has 2 heterocycles. The second-order valence-electron chi connectivity index (χ2n) is 6.43. The van der Waals surface area contributed by atoms with Crippen LogP contribution in [0.1, 0.15) is 58.3 Å². The maximum absolute atomic E-state index is 6.29. The highest BCUT2D eigenvalue weighted by Crippen LogP contribution is 2.43. The summed E-state index contributed by atoms with van der Waals surface area (Å²) in [6, 6.07) is 0.501. The van der Waals surface area contributed by atoms with Crippen molar-refractivity contribution in [3.63, 3.8) is 0 Å². The number of ether oxygens (including phenoxy) is 2. The van der Waals surface area contributed by atoms with Crippen LogP contribution < -0.4 is 5.32 Å². The number of hydrogen-bond donors (Lipinski definition) is 1. The van der Waals surface area contributed by atoms with Gasteiger partial charge in [0.2, 0.25) is 0 Å². The minimum Gasteiger partial charge on any atom is -0.374 e. The smallest absolute Gasteiger partial charge is 0.0817 e. The van der Waals surface area contributed by atoms with Crippen molar-refractivity contribution in [2.24, 2.45) is 0 Å². The molecule has 0 aromatic heterocycles. The molecule has 3 atom stereocenters. The first-order valence-corrected chi connectivity index (χ1v) is 7.80. The second kappa shape index (κ2) is 5.48. The average Bonchev–Trinajstić information content (AvgIpc) is 3.00. The molecule has 1 aliphatic carbocycles. The fraction of sp³-hybridized carbons (Fsp3) is 1.00. The zero-order valence-corrected chi connectivity index (χ0v) is 11.6. The van der Waals surface area contributed by atoms with Crippen molar-refractivity contribution in [3.8, 4) is 0 Å². The molecule has 0 amide bonds. The van der Waals surface area contributed by atoms with E-state index in [9.17, 15) is 0 Å². The molecule has 2 saturated heterocycles. The third-order valence-corrected chi connectivity index (χ3v) is 5.04. The van der Waals surface area contributed by atoms with Crippen LogP contribution in [0.3, 0.4) is 0 Å². The minimum atomic E-state index is 0.254. The molecule has 0 aromatic rings. The van der Waals surface area contributed by atoms with Crippen molar-refractivity contribution < 1.29 is 9.47 Å². The first-order chi connectivity index (χ1) is 8.77. The third-order valence-electron chi connectivity index (χ3n) is 5.04. The van der Waals surface area contributed by atoms with Gasteiger partial charge in [0.1, 0.15) is 0 Å². The Morgan fingerprint density at radius 3 is 2.78 bits per heavy atom. The van der Waals surface area contributed by atoms with E-state index >= 15 is 0 Å². The number of rotatable bonds is 3. The van der Waals surface area contributed by atoms with Crippen LogP contribution >= 0.6 is 0 Å². The first-order valence-electron chi connectivity index (χ1n) is 7.80.